The van der Waals surface area contributed by atoms with Crippen molar-refractivity contribution in [3.05, 3.63) is 78.6 Å². The highest BCUT2D eigenvalue weighted by molar-refractivity contribution is 5.51. The molecular formula is C16H16N+. The molecule has 0 saturated heterocycles. The standard InChI is InChI=1S/C16H16N/c1-3-14-9-5-6-10-15(14)13-17-12-8-7-11-16(17)4-2/h3-12H,1-2,13H2/q+1. The smallest absolute Gasteiger partial charge is 0.194 e. The highest BCUT2D eigenvalue weighted by Gasteiger charge is 2.08. The van der Waals surface area contributed by atoms with Crippen LogP contribution in [0.1, 0.15) is 16.8 Å². The molecule has 1 heteroatoms. The maximum atomic E-state index is 3.85. The summed E-state index contributed by atoms with van der Waals surface area (Å²) >= 11 is 0. The van der Waals surface area contributed by atoms with Crippen molar-refractivity contribution in [3.8, 4) is 0 Å². The van der Waals surface area contributed by atoms with Crippen molar-refractivity contribution in [2.24, 2.45) is 0 Å². The molecule has 2 aromatic rings. The highest BCUT2D eigenvalue weighted by Crippen LogP contribution is 2.09. The molecule has 0 spiro atoms. The molecule has 17 heavy (non-hydrogen) atoms. The molecule has 1 aromatic carbocycles. The molecular weight excluding hydrogens is 206 g/mol. The van der Waals surface area contributed by atoms with Gasteiger partial charge in [0.15, 0.2) is 12.7 Å². The summed E-state index contributed by atoms with van der Waals surface area (Å²) in [5.41, 5.74) is 3.56. The van der Waals surface area contributed by atoms with Crippen molar-refractivity contribution in [2.75, 3.05) is 0 Å². The minimum Gasteiger partial charge on any atom is -0.194 e. The van der Waals surface area contributed by atoms with Gasteiger partial charge in [-0.3, -0.25) is 0 Å². The van der Waals surface area contributed by atoms with E-state index in [0.717, 1.165) is 12.2 Å². The molecule has 0 bridgehead atoms. The summed E-state index contributed by atoms with van der Waals surface area (Å²) in [7, 11) is 0. The van der Waals surface area contributed by atoms with E-state index in [1.807, 2.05) is 30.4 Å². The Labute approximate surface area is 102 Å². The van der Waals surface area contributed by atoms with Crippen LogP contribution in [0.25, 0.3) is 12.2 Å². The first kappa shape index (κ1) is 11.3. The van der Waals surface area contributed by atoms with E-state index in [1.165, 1.54) is 11.1 Å². The Morgan fingerprint density at radius 2 is 1.71 bits per heavy atom. The number of hydrogen-bond acceptors (Lipinski definition) is 0. The van der Waals surface area contributed by atoms with Gasteiger partial charge < -0.3 is 0 Å². The molecule has 0 radical (unpaired) electrons. The third kappa shape index (κ3) is 2.51. The molecule has 0 amide bonds. The first-order valence-electron chi connectivity index (χ1n) is 5.66. The normalized spacial score (nSPS) is 9.88. The monoisotopic (exact) mass is 222 g/mol. The Hall–Kier alpha value is -2.15. The second-order valence-electron chi connectivity index (χ2n) is 3.86. The molecule has 0 aliphatic heterocycles. The number of nitrogens with zero attached hydrogens (tertiary/aromatic N) is 1. The maximum Gasteiger partial charge on any atom is 0.204 e. The van der Waals surface area contributed by atoms with Gasteiger partial charge in [0.1, 0.15) is 0 Å². The van der Waals surface area contributed by atoms with E-state index in [0.29, 0.717) is 0 Å². The van der Waals surface area contributed by atoms with Crippen LogP contribution in [0, 0.1) is 0 Å². The maximum absolute atomic E-state index is 3.85. The fraction of sp³-hybridized carbons (Fsp3) is 0.0625. The third-order valence-electron chi connectivity index (χ3n) is 2.80. The molecule has 1 nitrogen and oxygen atoms in total. The van der Waals surface area contributed by atoms with Crippen LogP contribution in [0.3, 0.4) is 0 Å². The molecule has 0 N–H and O–H groups in total. The van der Waals surface area contributed by atoms with Crippen molar-refractivity contribution in [1.29, 1.82) is 0 Å². The van der Waals surface area contributed by atoms with E-state index in [4.69, 9.17) is 0 Å². The van der Waals surface area contributed by atoms with Crippen LogP contribution in [0.5, 0.6) is 0 Å². The van der Waals surface area contributed by atoms with Gasteiger partial charge in [-0.25, -0.2) is 0 Å². The predicted octanol–water partition coefficient (Wildman–Crippen LogP) is 3.31. The Bertz CT molecular complexity index is 491. The van der Waals surface area contributed by atoms with Crippen LogP contribution < -0.4 is 4.57 Å². The fourth-order valence-electron chi connectivity index (χ4n) is 1.88. The van der Waals surface area contributed by atoms with Crippen molar-refractivity contribution in [1.82, 2.24) is 0 Å². The van der Waals surface area contributed by atoms with E-state index < -0.39 is 0 Å². The Morgan fingerprint density at radius 3 is 2.47 bits per heavy atom. The number of pyridine rings is 1. The Balaban J connectivity index is 2.37. The topological polar surface area (TPSA) is 3.88 Å². The summed E-state index contributed by atoms with van der Waals surface area (Å²) in [6.45, 7) is 8.52. The van der Waals surface area contributed by atoms with E-state index in [2.05, 4.69) is 48.2 Å². The number of hydrogen-bond donors (Lipinski definition) is 0. The zero-order valence-electron chi connectivity index (χ0n) is 9.84. The summed E-state index contributed by atoms with van der Waals surface area (Å²) in [6, 6.07) is 14.4. The summed E-state index contributed by atoms with van der Waals surface area (Å²) in [6.07, 6.45) is 5.83. The van der Waals surface area contributed by atoms with Crippen LogP contribution in [0.2, 0.25) is 0 Å². The molecule has 0 saturated carbocycles. The van der Waals surface area contributed by atoms with Gasteiger partial charge in [0, 0.05) is 23.8 Å². The highest BCUT2D eigenvalue weighted by atomic mass is 14.9. The molecule has 0 aliphatic carbocycles. The summed E-state index contributed by atoms with van der Waals surface area (Å²) in [4.78, 5) is 0. The molecule has 1 aromatic heterocycles. The van der Waals surface area contributed by atoms with Crippen molar-refractivity contribution < 1.29 is 4.57 Å². The van der Waals surface area contributed by atoms with Crippen LogP contribution in [0.4, 0.5) is 0 Å². The molecule has 2 rings (SSSR count). The van der Waals surface area contributed by atoms with Gasteiger partial charge in [-0.15, -0.1) is 0 Å². The molecule has 1 heterocycles. The van der Waals surface area contributed by atoms with Crippen molar-refractivity contribution >= 4 is 12.2 Å². The SMILES string of the molecule is C=Cc1ccccc1C[n+]1ccccc1C=C. The first-order chi connectivity index (χ1) is 8.35. The summed E-state index contributed by atoms with van der Waals surface area (Å²) in [5, 5.41) is 0. The Morgan fingerprint density at radius 1 is 0.941 bits per heavy atom. The summed E-state index contributed by atoms with van der Waals surface area (Å²) < 4.78 is 2.18. The lowest BCUT2D eigenvalue weighted by atomic mass is 10.1. The number of benzene rings is 1. The molecule has 0 fully saturated rings. The van der Waals surface area contributed by atoms with Gasteiger partial charge in [-0.2, -0.15) is 4.57 Å². The lowest BCUT2D eigenvalue weighted by Crippen LogP contribution is -2.37. The number of rotatable bonds is 4. The van der Waals surface area contributed by atoms with Crippen molar-refractivity contribution in [3.63, 3.8) is 0 Å². The third-order valence-corrected chi connectivity index (χ3v) is 2.80. The minimum absolute atomic E-state index is 0.838. The van der Waals surface area contributed by atoms with Crippen LogP contribution in [0.15, 0.2) is 61.8 Å². The fourth-order valence-corrected chi connectivity index (χ4v) is 1.88. The largest absolute Gasteiger partial charge is 0.204 e. The molecule has 0 unspecified atom stereocenters. The van der Waals surface area contributed by atoms with Crippen molar-refractivity contribution in [2.45, 2.75) is 6.54 Å². The van der Waals surface area contributed by atoms with Crippen LogP contribution >= 0.6 is 0 Å². The van der Waals surface area contributed by atoms with Gasteiger partial charge in [0.25, 0.3) is 0 Å². The average Bonchev–Trinajstić information content (AvgIpc) is 2.40. The molecule has 84 valence electrons. The lowest BCUT2D eigenvalue weighted by Gasteiger charge is -2.04. The number of aromatic nitrogens is 1. The van der Waals surface area contributed by atoms with E-state index in [-0.39, 0.29) is 0 Å². The van der Waals surface area contributed by atoms with Crippen LogP contribution in [-0.2, 0) is 6.54 Å². The second kappa shape index (κ2) is 5.26. The predicted molar refractivity (Wildman–Crippen MR) is 72.4 cm³/mol. The van der Waals surface area contributed by atoms with Gasteiger partial charge in [0.05, 0.1) is 0 Å². The quantitative estimate of drug-likeness (QED) is 0.699. The van der Waals surface area contributed by atoms with E-state index >= 15 is 0 Å². The summed E-state index contributed by atoms with van der Waals surface area (Å²) in [5.74, 6) is 0. The van der Waals surface area contributed by atoms with E-state index in [9.17, 15) is 0 Å². The van der Waals surface area contributed by atoms with Gasteiger partial charge in [0.2, 0.25) is 5.69 Å². The van der Waals surface area contributed by atoms with Gasteiger partial charge in [-0.1, -0.05) is 43.5 Å². The van der Waals surface area contributed by atoms with Crippen LogP contribution in [-0.4, -0.2) is 0 Å². The second-order valence-corrected chi connectivity index (χ2v) is 3.86. The van der Waals surface area contributed by atoms with Gasteiger partial charge >= 0.3 is 0 Å². The molecule has 0 atom stereocenters. The zero-order chi connectivity index (χ0) is 12.1. The minimum atomic E-state index is 0.838. The Kier molecular flexibility index (Phi) is 3.51. The lowest BCUT2D eigenvalue weighted by molar-refractivity contribution is -0.690. The average molecular weight is 222 g/mol. The molecule has 0 aliphatic rings. The van der Waals surface area contributed by atoms with E-state index in [1.54, 1.807) is 0 Å². The first-order valence-corrected chi connectivity index (χ1v) is 5.66. The zero-order valence-corrected chi connectivity index (χ0v) is 9.84. The van der Waals surface area contributed by atoms with Gasteiger partial charge in [-0.05, 0) is 11.6 Å².